The first-order valence-electron chi connectivity index (χ1n) is 8.49. The van der Waals surface area contributed by atoms with Crippen molar-refractivity contribution in [3.63, 3.8) is 0 Å². The fourth-order valence-corrected chi connectivity index (χ4v) is 3.51. The lowest BCUT2D eigenvalue weighted by molar-refractivity contribution is 1.12. The van der Waals surface area contributed by atoms with Gasteiger partial charge in [0.05, 0.1) is 16.6 Å². The molecule has 0 bridgehead atoms. The molecule has 0 saturated heterocycles. The van der Waals surface area contributed by atoms with Crippen molar-refractivity contribution in [3.8, 4) is 0 Å². The topological polar surface area (TPSA) is 25.8 Å². The zero-order valence-corrected chi connectivity index (χ0v) is 13.7. The molecular weight excluding hydrogens is 304 g/mol. The molecule has 0 radical (unpaired) electrons. The highest BCUT2D eigenvalue weighted by molar-refractivity contribution is 5.97. The number of para-hydroxylation sites is 3. The SMILES string of the molecule is c1ccc2nc(Cc3c4ccccc4nc4ccccc34)ccc2c1. The lowest BCUT2D eigenvalue weighted by Gasteiger charge is -2.11. The van der Waals surface area contributed by atoms with E-state index in [1.54, 1.807) is 0 Å². The Hall–Kier alpha value is -3.26. The molecule has 0 spiro atoms. The largest absolute Gasteiger partial charge is 0.252 e. The van der Waals surface area contributed by atoms with Gasteiger partial charge in [-0.05, 0) is 29.8 Å². The van der Waals surface area contributed by atoms with Crippen LogP contribution in [0.1, 0.15) is 11.3 Å². The highest BCUT2D eigenvalue weighted by Crippen LogP contribution is 2.28. The van der Waals surface area contributed by atoms with Gasteiger partial charge in [-0.25, -0.2) is 4.98 Å². The van der Waals surface area contributed by atoms with Gasteiger partial charge in [0.25, 0.3) is 0 Å². The van der Waals surface area contributed by atoms with Crippen LogP contribution in [-0.4, -0.2) is 9.97 Å². The Morgan fingerprint density at radius 3 is 1.84 bits per heavy atom. The average Bonchev–Trinajstić information content (AvgIpc) is 2.68. The summed E-state index contributed by atoms with van der Waals surface area (Å²) in [4.78, 5) is 9.67. The smallest absolute Gasteiger partial charge is 0.0712 e. The predicted octanol–water partition coefficient (Wildman–Crippen LogP) is 5.53. The molecule has 5 rings (SSSR count). The maximum absolute atomic E-state index is 4.86. The van der Waals surface area contributed by atoms with Gasteiger partial charge in [0.1, 0.15) is 0 Å². The van der Waals surface area contributed by atoms with E-state index in [4.69, 9.17) is 9.97 Å². The standard InChI is InChI=1S/C23H16N2/c1-4-10-21-16(7-1)13-14-17(24-21)15-20-18-8-2-5-11-22(18)25-23-12-6-3-9-19(20)23/h1-14H,15H2. The fraction of sp³-hybridized carbons (Fsp3) is 0.0435. The normalized spacial score (nSPS) is 11.4. The molecule has 0 N–H and O–H groups in total. The Morgan fingerprint density at radius 2 is 1.12 bits per heavy atom. The van der Waals surface area contributed by atoms with E-state index in [2.05, 4.69) is 60.7 Å². The zero-order chi connectivity index (χ0) is 16.6. The van der Waals surface area contributed by atoms with E-state index in [1.807, 2.05) is 24.3 Å². The molecule has 2 heterocycles. The molecule has 0 saturated carbocycles. The van der Waals surface area contributed by atoms with Crippen molar-refractivity contribution in [2.75, 3.05) is 0 Å². The Labute approximate surface area is 145 Å². The number of aromatic nitrogens is 2. The number of nitrogens with zero attached hydrogens (tertiary/aromatic N) is 2. The third-order valence-electron chi connectivity index (χ3n) is 4.71. The molecule has 2 aromatic heterocycles. The fourth-order valence-electron chi connectivity index (χ4n) is 3.51. The van der Waals surface area contributed by atoms with Gasteiger partial charge in [0, 0.05) is 28.3 Å². The van der Waals surface area contributed by atoms with E-state index in [1.165, 1.54) is 21.7 Å². The Kier molecular flexibility index (Phi) is 3.20. The molecule has 0 fully saturated rings. The van der Waals surface area contributed by atoms with Gasteiger partial charge >= 0.3 is 0 Å². The van der Waals surface area contributed by atoms with Gasteiger partial charge in [-0.3, -0.25) is 4.98 Å². The summed E-state index contributed by atoms with van der Waals surface area (Å²) in [5.74, 6) is 0. The van der Waals surface area contributed by atoms with Crippen molar-refractivity contribution in [2.24, 2.45) is 0 Å². The second-order valence-corrected chi connectivity index (χ2v) is 6.30. The van der Waals surface area contributed by atoms with Gasteiger partial charge in [-0.15, -0.1) is 0 Å². The van der Waals surface area contributed by atoms with Crippen molar-refractivity contribution in [3.05, 3.63) is 96.2 Å². The number of pyridine rings is 2. The molecule has 0 atom stereocenters. The van der Waals surface area contributed by atoms with Crippen molar-refractivity contribution in [2.45, 2.75) is 6.42 Å². The van der Waals surface area contributed by atoms with E-state index in [9.17, 15) is 0 Å². The minimum Gasteiger partial charge on any atom is -0.252 e. The van der Waals surface area contributed by atoms with Crippen LogP contribution in [0, 0.1) is 0 Å². The minimum atomic E-state index is 0.800. The van der Waals surface area contributed by atoms with Gasteiger partial charge in [-0.1, -0.05) is 60.7 Å². The zero-order valence-electron chi connectivity index (χ0n) is 13.7. The number of hydrogen-bond acceptors (Lipinski definition) is 2. The summed E-state index contributed by atoms with van der Waals surface area (Å²) in [7, 11) is 0. The van der Waals surface area contributed by atoms with E-state index in [0.717, 1.165) is 28.7 Å². The van der Waals surface area contributed by atoms with Crippen LogP contribution in [0.4, 0.5) is 0 Å². The third kappa shape index (κ3) is 2.43. The summed E-state index contributed by atoms with van der Waals surface area (Å²) >= 11 is 0. The van der Waals surface area contributed by atoms with E-state index < -0.39 is 0 Å². The summed E-state index contributed by atoms with van der Waals surface area (Å²) in [6, 6.07) is 29.3. The van der Waals surface area contributed by atoms with E-state index in [0.29, 0.717) is 0 Å². The predicted molar refractivity (Wildman–Crippen MR) is 104 cm³/mol. The highest BCUT2D eigenvalue weighted by atomic mass is 14.7. The van der Waals surface area contributed by atoms with Gasteiger partial charge in [-0.2, -0.15) is 0 Å². The van der Waals surface area contributed by atoms with E-state index in [-0.39, 0.29) is 0 Å². The second-order valence-electron chi connectivity index (χ2n) is 6.30. The first-order chi connectivity index (χ1) is 12.4. The van der Waals surface area contributed by atoms with Crippen molar-refractivity contribution < 1.29 is 0 Å². The lowest BCUT2D eigenvalue weighted by Crippen LogP contribution is -1.97. The summed E-state index contributed by atoms with van der Waals surface area (Å²) in [6.45, 7) is 0. The second kappa shape index (κ2) is 5.67. The lowest BCUT2D eigenvalue weighted by atomic mass is 9.98. The van der Waals surface area contributed by atoms with Gasteiger partial charge in [0.15, 0.2) is 0 Å². The van der Waals surface area contributed by atoms with Crippen molar-refractivity contribution in [1.29, 1.82) is 0 Å². The molecule has 2 heteroatoms. The minimum absolute atomic E-state index is 0.800. The van der Waals surface area contributed by atoms with Crippen molar-refractivity contribution in [1.82, 2.24) is 9.97 Å². The Bertz CT molecular complexity index is 1170. The molecule has 5 aromatic rings. The summed E-state index contributed by atoms with van der Waals surface area (Å²) in [5, 5.41) is 3.59. The summed E-state index contributed by atoms with van der Waals surface area (Å²) < 4.78 is 0. The molecule has 0 aliphatic heterocycles. The average molecular weight is 320 g/mol. The molecule has 2 nitrogen and oxygen atoms in total. The van der Waals surface area contributed by atoms with Crippen LogP contribution in [0.25, 0.3) is 32.7 Å². The van der Waals surface area contributed by atoms with Crippen LogP contribution in [-0.2, 0) is 6.42 Å². The summed E-state index contributed by atoms with van der Waals surface area (Å²) in [5.41, 5.74) is 5.50. The molecule has 0 aliphatic carbocycles. The first kappa shape index (κ1) is 14.1. The molecule has 25 heavy (non-hydrogen) atoms. The van der Waals surface area contributed by atoms with Gasteiger partial charge in [0.2, 0.25) is 0 Å². The third-order valence-corrected chi connectivity index (χ3v) is 4.71. The van der Waals surface area contributed by atoms with Crippen LogP contribution < -0.4 is 0 Å². The number of fused-ring (bicyclic) bond motifs is 3. The van der Waals surface area contributed by atoms with Crippen LogP contribution in [0.2, 0.25) is 0 Å². The first-order valence-corrected chi connectivity index (χ1v) is 8.49. The summed E-state index contributed by atoms with van der Waals surface area (Å²) in [6.07, 6.45) is 0.800. The Balaban J connectivity index is 1.74. The maximum atomic E-state index is 4.86. The number of benzene rings is 3. The molecular formula is C23H16N2. The molecule has 118 valence electrons. The number of rotatable bonds is 2. The van der Waals surface area contributed by atoms with Crippen LogP contribution >= 0.6 is 0 Å². The Morgan fingerprint density at radius 1 is 0.520 bits per heavy atom. The maximum Gasteiger partial charge on any atom is 0.0712 e. The monoisotopic (exact) mass is 320 g/mol. The quantitative estimate of drug-likeness (QED) is 0.400. The highest BCUT2D eigenvalue weighted by Gasteiger charge is 2.10. The molecule has 0 amide bonds. The van der Waals surface area contributed by atoms with Crippen LogP contribution in [0.3, 0.4) is 0 Å². The van der Waals surface area contributed by atoms with E-state index >= 15 is 0 Å². The molecule has 0 aliphatic rings. The molecule has 0 unspecified atom stereocenters. The van der Waals surface area contributed by atoms with Crippen LogP contribution in [0.15, 0.2) is 84.9 Å². The van der Waals surface area contributed by atoms with Gasteiger partial charge < -0.3 is 0 Å². The number of hydrogen-bond donors (Lipinski definition) is 0. The van der Waals surface area contributed by atoms with Crippen molar-refractivity contribution >= 4 is 32.7 Å². The van der Waals surface area contributed by atoms with Crippen LogP contribution in [0.5, 0.6) is 0 Å². The molecule has 3 aromatic carbocycles.